The standard InChI is InChI=1S/C23H34N4O4/c1-22(2,3)26-19(28)12-11-17-14-31-27-20(17)18(25-21(29)23(4,5)24)15-30-13-16-9-7-6-8-10-16/h6-10,14,18H,11-13,15,24H2,1-5H3,(H,25,29)(H,26,28)/t18-/m1/s1. The third-order valence-corrected chi connectivity index (χ3v) is 4.43. The fourth-order valence-electron chi connectivity index (χ4n) is 2.87. The van der Waals surface area contributed by atoms with Gasteiger partial charge in [0, 0.05) is 17.5 Å². The number of nitrogens with two attached hydrogens (primary N) is 1. The summed E-state index contributed by atoms with van der Waals surface area (Å²) in [6.07, 6.45) is 2.21. The SMILES string of the molecule is CC(C)(C)NC(=O)CCc1conc1[C@@H](COCc1ccccc1)NC(=O)C(C)(C)N. The molecule has 4 N–H and O–H groups in total. The Bertz CT molecular complexity index is 850. The fraction of sp³-hybridized carbons (Fsp3) is 0.522. The summed E-state index contributed by atoms with van der Waals surface area (Å²) in [6.45, 7) is 9.63. The molecule has 1 aromatic heterocycles. The summed E-state index contributed by atoms with van der Waals surface area (Å²) in [4.78, 5) is 24.7. The van der Waals surface area contributed by atoms with Crippen LogP contribution in [-0.2, 0) is 27.4 Å². The minimum absolute atomic E-state index is 0.0661. The first-order valence-corrected chi connectivity index (χ1v) is 10.4. The van der Waals surface area contributed by atoms with E-state index in [9.17, 15) is 9.59 Å². The number of benzene rings is 1. The molecule has 0 aliphatic rings. The molecule has 2 amide bonds. The molecule has 0 spiro atoms. The topological polar surface area (TPSA) is 119 Å². The molecule has 0 saturated heterocycles. The van der Waals surface area contributed by atoms with Gasteiger partial charge >= 0.3 is 0 Å². The Balaban J connectivity index is 2.09. The number of ether oxygens (including phenoxy) is 1. The number of hydrogen-bond acceptors (Lipinski definition) is 6. The Kier molecular flexibility index (Phi) is 8.36. The second-order valence-electron chi connectivity index (χ2n) is 9.27. The molecule has 170 valence electrons. The third kappa shape index (κ3) is 8.51. The van der Waals surface area contributed by atoms with Crippen molar-refractivity contribution in [3.63, 3.8) is 0 Å². The number of rotatable bonds is 10. The molecule has 0 saturated carbocycles. The van der Waals surface area contributed by atoms with Crippen LogP contribution < -0.4 is 16.4 Å². The van der Waals surface area contributed by atoms with Gasteiger partial charge in [-0.25, -0.2) is 0 Å². The summed E-state index contributed by atoms with van der Waals surface area (Å²) in [7, 11) is 0. The van der Waals surface area contributed by atoms with E-state index >= 15 is 0 Å². The lowest BCUT2D eigenvalue weighted by molar-refractivity contribution is -0.126. The number of aromatic nitrogens is 1. The quantitative estimate of drug-likeness (QED) is 0.533. The van der Waals surface area contributed by atoms with Crippen LogP contribution in [0.5, 0.6) is 0 Å². The summed E-state index contributed by atoms with van der Waals surface area (Å²) < 4.78 is 11.0. The van der Waals surface area contributed by atoms with E-state index in [1.165, 1.54) is 6.26 Å². The van der Waals surface area contributed by atoms with E-state index in [4.69, 9.17) is 15.0 Å². The van der Waals surface area contributed by atoms with E-state index in [0.29, 0.717) is 18.7 Å². The second kappa shape index (κ2) is 10.5. The number of hydrogen-bond donors (Lipinski definition) is 3. The monoisotopic (exact) mass is 430 g/mol. The first-order valence-electron chi connectivity index (χ1n) is 10.4. The van der Waals surface area contributed by atoms with Crippen molar-refractivity contribution in [1.82, 2.24) is 15.8 Å². The molecule has 0 aliphatic heterocycles. The van der Waals surface area contributed by atoms with E-state index in [-0.39, 0.29) is 30.4 Å². The largest absolute Gasteiger partial charge is 0.374 e. The van der Waals surface area contributed by atoms with Gasteiger partial charge in [-0.2, -0.15) is 0 Å². The smallest absolute Gasteiger partial charge is 0.240 e. The van der Waals surface area contributed by atoms with Crippen molar-refractivity contribution in [2.45, 2.75) is 71.2 Å². The molecule has 0 fully saturated rings. The van der Waals surface area contributed by atoms with E-state index < -0.39 is 11.6 Å². The van der Waals surface area contributed by atoms with Crippen molar-refractivity contribution in [3.05, 3.63) is 53.4 Å². The molecular formula is C23H34N4O4. The van der Waals surface area contributed by atoms with Crippen LogP contribution in [0.3, 0.4) is 0 Å². The highest BCUT2D eigenvalue weighted by Gasteiger charge is 2.28. The van der Waals surface area contributed by atoms with E-state index in [1.54, 1.807) is 13.8 Å². The third-order valence-electron chi connectivity index (χ3n) is 4.43. The number of carbonyl (C=O) groups is 2. The van der Waals surface area contributed by atoms with Gasteiger partial charge in [-0.3, -0.25) is 9.59 Å². The van der Waals surface area contributed by atoms with Crippen molar-refractivity contribution in [2.75, 3.05) is 6.61 Å². The Hall–Kier alpha value is -2.71. The highest BCUT2D eigenvalue weighted by atomic mass is 16.5. The zero-order chi connectivity index (χ0) is 23.1. The molecule has 8 nitrogen and oxygen atoms in total. The van der Waals surface area contributed by atoms with E-state index in [2.05, 4.69) is 15.8 Å². The van der Waals surface area contributed by atoms with E-state index in [0.717, 1.165) is 11.1 Å². The summed E-state index contributed by atoms with van der Waals surface area (Å²) in [5.41, 5.74) is 6.88. The maximum Gasteiger partial charge on any atom is 0.240 e. The van der Waals surface area contributed by atoms with Crippen LogP contribution in [0, 0.1) is 0 Å². The van der Waals surface area contributed by atoms with Crippen LogP contribution >= 0.6 is 0 Å². The van der Waals surface area contributed by atoms with E-state index in [1.807, 2.05) is 51.1 Å². The number of aryl methyl sites for hydroxylation is 1. The van der Waals surface area contributed by atoms with Gasteiger partial charge in [-0.05, 0) is 46.6 Å². The van der Waals surface area contributed by atoms with Crippen molar-refractivity contribution in [3.8, 4) is 0 Å². The zero-order valence-electron chi connectivity index (χ0n) is 19.0. The van der Waals surface area contributed by atoms with Crippen LogP contribution in [0.4, 0.5) is 0 Å². The van der Waals surface area contributed by atoms with Gasteiger partial charge in [0.25, 0.3) is 0 Å². The molecule has 1 aromatic carbocycles. The number of amides is 2. The molecule has 2 rings (SSSR count). The second-order valence-corrected chi connectivity index (χ2v) is 9.27. The normalized spacial score (nSPS) is 13.0. The zero-order valence-corrected chi connectivity index (χ0v) is 19.0. The summed E-state index contributed by atoms with van der Waals surface area (Å²) in [5.74, 6) is -0.399. The molecule has 8 heteroatoms. The van der Waals surface area contributed by atoms with Crippen LogP contribution in [0.25, 0.3) is 0 Å². The number of nitrogens with zero attached hydrogens (tertiary/aromatic N) is 1. The van der Waals surface area contributed by atoms with Crippen LogP contribution in [0.15, 0.2) is 41.1 Å². The number of carbonyl (C=O) groups excluding carboxylic acids is 2. The van der Waals surface area contributed by atoms with Gasteiger partial charge in [-0.15, -0.1) is 0 Å². The van der Waals surface area contributed by atoms with Crippen molar-refractivity contribution >= 4 is 11.8 Å². The highest BCUT2D eigenvalue weighted by molar-refractivity contribution is 5.85. The Morgan fingerprint density at radius 1 is 1.16 bits per heavy atom. The molecule has 0 radical (unpaired) electrons. The average Bonchev–Trinajstić information content (AvgIpc) is 3.12. The first kappa shape index (κ1) is 24.6. The molecule has 0 bridgehead atoms. The minimum atomic E-state index is -1.06. The molecule has 0 aliphatic carbocycles. The van der Waals surface area contributed by atoms with Gasteiger partial charge in [0.1, 0.15) is 12.0 Å². The minimum Gasteiger partial charge on any atom is -0.374 e. The molecule has 2 aromatic rings. The van der Waals surface area contributed by atoms with Crippen molar-refractivity contribution < 1.29 is 18.8 Å². The van der Waals surface area contributed by atoms with Gasteiger partial charge in [0.15, 0.2) is 0 Å². The number of nitrogens with one attached hydrogen (secondary N) is 2. The summed E-state index contributed by atoms with van der Waals surface area (Å²) in [5, 5.41) is 9.92. The lowest BCUT2D eigenvalue weighted by Gasteiger charge is -2.24. The molecular weight excluding hydrogens is 396 g/mol. The summed E-state index contributed by atoms with van der Waals surface area (Å²) >= 11 is 0. The van der Waals surface area contributed by atoms with Gasteiger partial charge < -0.3 is 25.6 Å². The molecule has 31 heavy (non-hydrogen) atoms. The molecule has 1 heterocycles. The maximum absolute atomic E-state index is 12.5. The Morgan fingerprint density at radius 3 is 2.45 bits per heavy atom. The van der Waals surface area contributed by atoms with Crippen molar-refractivity contribution in [1.29, 1.82) is 0 Å². The Labute approximate surface area is 183 Å². The molecule has 0 unspecified atom stereocenters. The molecule has 1 atom stereocenters. The van der Waals surface area contributed by atoms with Crippen LogP contribution in [0.1, 0.15) is 63.9 Å². The van der Waals surface area contributed by atoms with Gasteiger partial charge in [0.05, 0.1) is 24.8 Å². The van der Waals surface area contributed by atoms with Crippen molar-refractivity contribution in [2.24, 2.45) is 5.73 Å². The van der Waals surface area contributed by atoms with Crippen LogP contribution in [0.2, 0.25) is 0 Å². The first-order chi connectivity index (χ1) is 14.5. The predicted molar refractivity (Wildman–Crippen MR) is 118 cm³/mol. The van der Waals surface area contributed by atoms with Gasteiger partial charge in [-0.1, -0.05) is 35.5 Å². The maximum atomic E-state index is 12.5. The summed E-state index contributed by atoms with van der Waals surface area (Å²) in [6, 6.07) is 9.18. The lowest BCUT2D eigenvalue weighted by atomic mass is 10.0. The lowest BCUT2D eigenvalue weighted by Crippen LogP contribution is -2.50. The highest BCUT2D eigenvalue weighted by Crippen LogP contribution is 2.20. The predicted octanol–water partition coefficient (Wildman–Crippen LogP) is 2.63. The fourth-order valence-corrected chi connectivity index (χ4v) is 2.87. The van der Waals surface area contributed by atoms with Gasteiger partial charge in [0.2, 0.25) is 11.8 Å². The Morgan fingerprint density at radius 2 is 1.84 bits per heavy atom. The average molecular weight is 431 g/mol. The van der Waals surface area contributed by atoms with Crippen LogP contribution in [-0.4, -0.2) is 34.7 Å².